The van der Waals surface area contributed by atoms with Gasteiger partial charge in [0.15, 0.2) is 0 Å². The van der Waals surface area contributed by atoms with Gasteiger partial charge in [-0.2, -0.15) is 0 Å². The van der Waals surface area contributed by atoms with Crippen LogP contribution in [0.2, 0.25) is 0 Å². The lowest BCUT2D eigenvalue weighted by Gasteiger charge is -2.19. The highest BCUT2D eigenvalue weighted by molar-refractivity contribution is 5.80. The Morgan fingerprint density at radius 1 is 1.12 bits per heavy atom. The van der Waals surface area contributed by atoms with Crippen molar-refractivity contribution in [1.82, 2.24) is 10.7 Å². The van der Waals surface area contributed by atoms with Crippen LogP contribution in [0.5, 0.6) is 0 Å². The minimum absolute atomic E-state index is 0.444. The van der Waals surface area contributed by atoms with Crippen molar-refractivity contribution in [2.45, 2.75) is 64.0 Å². The molecule has 0 aliphatic heterocycles. The topological polar surface area (TPSA) is 62.4 Å². The van der Waals surface area contributed by atoms with E-state index in [2.05, 4.69) is 17.7 Å². The molecule has 4 nitrogen and oxygen atoms in total. The van der Waals surface area contributed by atoms with Gasteiger partial charge in [0.1, 0.15) is 0 Å². The van der Waals surface area contributed by atoms with Crippen LogP contribution in [-0.4, -0.2) is 18.0 Å². The fourth-order valence-corrected chi connectivity index (χ4v) is 2.37. The second-order valence-electron chi connectivity index (χ2n) is 5.22. The van der Waals surface area contributed by atoms with Gasteiger partial charge in [-0.1, -0.05) is 26.2 Å². The fourth-order valence-electron chi connectivity index (χ4n) is 2.37. The summed E-state index contributed by atoms with van der Waals surface area (Å²) in [5.41, 5.74) is 2.70. The maximum atomic E-state index is 5.51. The van der Waals surface area contributed by atoms with Crippen molar-refractivity contribution in [3.63, 3.8) is 0 Å². The summed E-state index contributed by atoms with van der Waals surface area (Å²) in [4.78, 5) is 4.74. The molecule has 2 aliphatic carbocycles. The van der Waals surface area contributed by atoms with Crippen LogP contribution in [0, 0.1) is 5.92 Å². The van der Waals surface area contributed by atoms with E-state index in [4.69, 9.17) is 10.8 Å². The van der Waals surface area contributed by atoms with Gasteiger partial charge < -0.3 is 5.32 Å². The Balaban J connectivity index is 1.93. The van der Waals surface area contributed by atoms with Gasteiger partial charge in [-0.05, 0) is 31.6 Å². The molecule has 0 aromatic carbocycles. The summed E-state index contributed by atoms with van der Waals surface area (Å²) in [6.45, 7) is 2.31. The van der Waals surface area contributed by atoms with Crippen LogP contribution < -0.4 is 16.6 Å². The second-order valence-corrected chi connectivity index (χ2v) is 5.22. The third-order valence-electron chi connectivity index (χ3n) is 3.67. The first kappa shape index (κ1) is 11.7. The minimum atomic E-state index is 0.444. The molecule has 4 heteroatoms. The number of hydrogen-bond donors (Lipinski definition) is 3. The first-order valence-electron chi connectivity index (χ1n) is 6.60. The lowest BCUT2D eigenvalue weighted by Crippen LogP contribution is -2.43. The zero-order chi connectivity index (χ0) is 11.4. The Kier molecular flexibility index (Phi) is 4.04. The van der Waals surface area contributed by atoms with Crippen LogP contribution in [0.1, 0.15) is 51.9 Å². The second kappa shape index (κ2) is 5.53. The van der Waals surface area contributed by atoms with Crippen LogP contribution in [0.15, 0.2) is 4.99 Å². The zero-order valence-electron chi connectivity index (χ0n) is 10.2. The molecule has 0 bridgehead atoms. The summed E-state index contributed by atoms with van der Waals surface area (Å²) < 4.78 is 0. The van der Waals surface area contributed by atoms with Crippen LogP contribution in [0.3, 0.4) is 0 Å². The molecule has 2 saturated carbocycles. The number of aliphatic imine (C=N–C) groups is 1. The number of guanidine groups is 1. The normalized spacial score (nSPS) is 32.0. The van der Waals surface area contributed by atoms with E-state index in [-0.39, 0.29) is 0 Å². The van der Waals surface area contributed by atoms with Crippen molar-refractivity contribution in [3.05, 3.63) is 0 Å². The molecule has 0 amide bonds. The molecule has 0 aromatic rings. The van der Waals surface area contributed by atoms with Gasteiger partial charge in [0, 0.05) is 6.04 Å². The van der Waals surface area contributed by atoms with Gasteiger partial charge in [0.25, 0.3) is 0 Å². The van der Waals surface area contributed by atoms with Crippen LogP contribution >= 0.6 is 0 Å². The maximum Gasteiger partial charge on any atom is 0.206 e. The predicted molar refractivity (Wildman–Crippen MR) is 67.0 cm³/mol. The Labute approximate surface area is 98.0 Å². The van der Waals surface area contributed by atoms with Crippen LogP contribution in [0.4, 0.5) is 0 Å². The van der Waals surface area contributed by atoms with Crippen molar-refractivity contribution < 1.29 is 0 Å². The van der Waals surface area contributed by atoms with E-state index >= 15 is 0 Å². The highest BCUT2D eigenvalue weighted by atomic mass is 15.3. The van der Waals surface area contributed by atoms with Crippen molar-refractivity contribution in [2.75, 3.05) is 0 Å². The summed E-state index contributed by atoms with van der Waals surface area (Å²) in [5.74, 6) is 6.99. The van der Waals surface area contributed by atoms with Gasteiger partial charge >= 0.3 is 0 Å². The summed E-state index contributed by atoms with van der Waals surface area (Å²) in [6.07, 6.45) is 9.03. The molecule has 2 fully saturated rings. The Hall–Kier alpha value is -0.770. The molecule has 0 aromatic heterocycles. The Bertz CT molecular complexity index is 247. The van der Waals surface area contributed by atoms with Crippen molar-refractivity contribution >= 4 is 5.96 Å². The molecular weight excluding hydrogens is 200 g/mol. The number of rotatable bonds is 2. The van der Waals surface area contributed by atoms with Crippen molar-refractivity contribution in [2.24, 2.45) is 16.8 Å². The molecule has 0 heterocycles. The first-order valence-corrected chi connectivity index (χ1v) is 6.60. The SMILES string of the molecule is CC1CCCCCC1N=C(NN)NC1CC1. The van der Waals surface area contributed by atoms with E-state index in [1.54, 1.807) is 0 Å². The van der Waals surface area contributed by atoms with Gasteiger partial charge in [-0.15, -0.1) is 0 Å². The average Bonchev–Trinajstić information content (AvgIpc) is 3.09. The van der Waals surface area contributed by atoms with E-state index < -0.39 is 0 Å². The summed E-state index contributed by atoms with van der Waals surface area (Å²) in [6, 6.07) is 1.05. The smallest absolute Gasteiger partial charge is 0.206 e. The lowest BCUT2D eigenvalue weighted by atomic mass is 9.98. The number of hydrogen-bond acceptors (Lipinski definition) is 2. The molecule has 2 atom stereocenters. The molecule has 0 saturated heterocycles. The molecule has 16 heavy (non-hydrogen) atoms. The van der Waals surface area contributed by atoms with Gasteiger partial charge in [-0.25, -0.2) is 10.8 Å². The summed E-state index contributed by atoms with van der Waals surface area (Å²) >= 11 is 0. The lowest BCUT2D eigenvalue weighted by molar-refractivity contribution is 0.431. The van der Waals surface area contributed by atoms with E-state index in [0.29, 0.717) is 18.0 Å². The van der Waals surface area contributed by atoms with E-state index in [1.807, 2.05) is 0 Å². The highest BCUT2D eigenvalue weighted by Gasteiger charge is 2.24. The summed E-state index contributed by atoms with van der Waals surface area (Å²) in [5, 5.41) is 3.34. The van der Waals surface area contributed by atoms with Gasteiger partial charge in [0.2, 0.25) is 5.96 Å². The fraction of sp³-hybridized carbons (Fsp3) is 0.917. The quantitative estimate of drug-likeness (QED) is 0.219. The molecular formula is C12H24N4. The summed E-state index contributed by atoms with van der Waals surface area (Å²) in [7, 11) is 0. The predicted octanol–water partition coefficient (Wildman–Crippen LogP) is 1.53. The molecule has 2 rings (SSSR count). The van der Waals surface area contributed by atoms with Gasteiger partial charge in [-0.3, -0.25) is 5.43 Å². The van der Waals surface area contributed by atoms with E-state index in [1.165, 1.54) is 44.9 Å². The minimum Gasteiger partial charge on any atom is -0.353 e. The van der Waals surface area contributed by atoms with Crippen LogP contribution in [0.25, 0.3) is 0 Å². The van der Waals surface area contributed by atoms with Crippen LogP contribution in [-0.2, 0) is 0 Å². The zero-order valence-corrected chi connectivity index (χ0v) is 10.2. The largest absolute Gasteiger partial charge is 0.353 e. The monoisotopic (exact) mass is 224 g/mol. The average molecular weight is 224 g/mol. The standard InChI is InChI=1S/C12H24N4/c1-9-5-3-2-4-6-11(9)15-12(16-13)14-10-7-8-10/h9-11H,2-8,13H2,1H3,(H2,14,15,16). The number of nitrogens with two attached hydrogens (primary N) is 1. The number of nitrogens with one attached hydrogen (secondary N) is 2. The third-order valence-corrected chi connectivity index (χ3v) is 3.67. The molecule has 0 radical (unpaired) electrons. The molecule has 4 N–H and O–H groups in total. The molecule has 0 spiro atoms. The van der Waals surface area contributed by atoms with Crippen molar-refractivity contribution in [1.29, 1.82) is 0 Å². The van der Waals surface area contributed by atoms with Crippen molar-refractivity contribution in [3.8, 4) is 0 Å². The molecule has 92 valence electrons. The molecule has 2 unspecified atom stereocenters. The third kappa shape index (κ3) is 3.37. The van der Waals surface area contributed by atoms with Gasteiger partial charge in [0.05, 0.1) is 6.04 Å². The molecule has 2 aliphatic rings. The Morgan fingerprint density at radius 2 is 1.88 bits per heavy atom. The van der Waals surface area contributed by atoms with E-state index in [0.717, 1.165) is 5.96 Å². The van der Waals surface area contributed by atoms with E-state index in [9.17, 15) is 0 Å². The number of nitrogens with zero attached hydrogens (tertiary/aromatic N) is 1. The first-order chi connectivity index (χ1) is 7.79. The maximum absolute atomic E-state index is 5.51. The highest BCUT2D eigenvalue weighted by Crippen LogP contribution is 2.25. The Morgan fingerprint density at radius 3 is 2.56 bits per heavy atom. The number of hydrazine groups is 1.